The van der Waals surface area contributed by atoms with E-state index in [1.54, 1.807) is 22.9 Å². The van der Waals surface area contributed by atoms with E-state index < -0.39 is 0 Å². The number of ether oxygens (including phenoxy) is 2. The van der Waals surface area contributed by atoms with Crippen molar-refractivity contribution in [2.75, 3.05) is 19.8 Å². The largest absolute Gasteiger partial charge is 0.490 e. The van der Waals surface area contributed by atoms with Gasteiger partial charge in [-0.1, -0.05) is 54.2 Å². The molecule has 6 rings (SSSR count). The number of hydrogen-bond acceptors (Lipinski definition) is 7. The summed E-state index contributed by atoms with van der Waals surface area (Å²) in [6.07, 6.45) is 4.27. The van der Waals surface area contributed by atoms with Crippen LogP contribution in [-0.2, 0) is 11.2 Å². The number of nitrogens with zero attached hydrogens (tertiary/aromatic N) is 4. The van der Waals surface area contributed by atoms with Crippen molar-refractivity contribution in [1.29, 1.82) is 0 Å². The van der Waals surface area contributed by atoms with Gasteiger partial charge in [0.15, 0.2) is 16.6 Å². The van der Waals surface area contributed by atoms with E-state index in [4.69, 9.17) is 26.8 Å². The van der Waals surface area contributed by atoms with Crippen LogP contribution in [0.25, 0.3) is 22.7 Å². The van der Waals surface area contributed by atoms with Crippen LogP contribution >= 0.6 is 24.0 Å². The molecule has 0 bridgehead atoms. The predicted octanol–water partition coefficient (Wildman–Crippen LogP) is 6.98. The Kier molecular flexibility index (Phi) is 9.13. The van der Waals surface area contributed by atoms with Gasteiger partial charge in [0.25, 0.3) is 5.91 Å². The molecule has 0 spiro atoms. The summed E-state index contributed by atoms with van der Waals surface area (Å²) in [5.41, 5.74) is 4.90. The Morgan fingerprint density at radius 3 is 2.53 bits per heavy atom. The first-order chi connectivity index (χ1) is 22.0. The monoisotopic (exact) mass is 635 g/mol. The highest BCUT2D eigenvalue weighted by Crippen LogP contribution is 2.38. The molecule has 3 aromatic carbocycles. The van der Waals surface area contributed by atoms with Gasteiger partial charge in [0.2, 0.25) is 0 Å². The average molecular weight is 636 g/mol. The van der Waals surface area contributed by atoms with E-state index in [1.165, 1.54) is 0 Å². The van der Waals surface area contributed by atoms with Crippen LogP contribution < -0.4 is 14.8 Å². The normalized spacial score (nSPS) is 13.9. The van der Waals surface area contributed by atoms with E-state index in [1.807, 2.05) is 92.2 Å². The Morgan fingerprint density at radius 2 is 1.73 bits per heavy atom. The Hall–Kier alpha value is -4.67. The minimum Gasteiger partial charge on any atom is -0.490 e. The van der Waals surface area contributed by atoms with E-state index in [0.717, 1.165) is 43.3 Å². The van der Waals surface area contributed by atoms with Gasteiger partial charge in [-0.2, -0.15) is 5.10 Å². The summed E-state index contributed by atoms with van der Waals surface area (Å²) in [7, 11) is 0. The molecule has 0 radical (unpaired) electrons. The van der Waals surface area contributed by atoms with Gasteiger partial charge in [0.05, 0.1) is 30.1 Å². The van der Waals surface area contributed by atoms with Gasteiger partial charge in [-0.25, -0.2) is 4.68 Å². The Bertz CT molecular complexity index is 1900. The topological polar surface area (TPSA) is 81.5 Å². The van der Waals surface area contributed by atoms with Crippen molar-refractivity contribution in [3.8, 4) is 17.2 Å². The molecule has 1 aliphatic heterocycles. The van der Waals surface area contributed by atoms with Crippen molar-refractivity contribution in [2.24, 2.45) is 0 Å². The standard InChI is InChI=1S/C35H33N5O3S2/c1-4-42-29-17-16-24(21-30(29)43-5-2)18-20-39-33(41)28(37-35(39)44)22-27-23(3)38-40(26-13-7-6-8-14-26)34(27)45-31-15-9-11-25-12-10-19-36-32(25)31/h6-17,19,21-22H,4-5,18,20H2,1-3H3,(H,37,44)/b28-22+. The zero-order valence-electron chi connectivity index (χ0n) is 25.3. The summed E-state index contributed by atoms with van der Waals surface area (Å²) in [6.45, 7) is 7.35. The molecule has 1 amide bonds. The lowest BCUT2D eigenvalue weighted by molar-refractivity contribution is -0.122. The highest BCUT2D eigenvalue weighted by molar-refractivity contribution is 7.99. The van der Waals surface area contributed by atoms with E-state index in [2.05, 4.69) is 28.5 Å². The van der Waals surface area contributed by atoms with Crippen LogP contribution in [0.15, 0.2) is 101 Å². The third-order valence-corrected chi connectivity index (χ3v) is 8.81. The van der Waals surface area contributed by atoms with Gasteiger partial charge in [0, 0.05) is 28.6 Å². The average Bonchev–Trinajstić information content (AvgIpc) is 3.51. The van der Waals surface area contributed by atoms with E-state index in [0.29, 0.717) is 48.5 Å². The van der Waals surface area contributed by atoms with Crippen molar-refractivity contribution in [3.63, 3.8) is 0 Å². The summed E-state index contributed by atoms with van der Waals surface area (Å²) < 4.78 is 13.4. The minimum absolute atomic E-state index is 0.175. The highest BCUT2D eigenvalue weighted by atomic mass is 32.2. The van der Waals surface area contributed by atoms with Crippen molar-refractivity contribution in [3.05, 3.63) is 108 Å². The molecule has 1 fully saturated rings. The molecular formula is C35H33N5O3S2. The third kappa shape index (κ3) is 6.43. The van der Waals surface area contributed by atoms with Crippen molar-refractivity contribution in [2.45, 2.75) is 37.1 Å². The van der Waals surface area contributed by atoms with Crippen molar-refractivity contribution < 1.29 is 14.3 Å². The molecule has 1 aliphatic rings. The molecule has 5 aromatic rings. The van der Waals surface area contributed by atoms with Crippen LogP contribution in [0, 0.1) is 6.92 Å². The molecule has 10 heteroatoms. The maximum Gasteiger partial charge on any atom is 0.276 e. The van der Waals surface area contributed by atoms with E-state index in [9.17, 15) is 4.79 Å². The first kappa shape index (κ1) is 30.4. The molecule has 45 heavy (non-hydrogen) atoms. The van der Waals surface area contributed by atoms with Crippen LogP contribution in [0.4, 0.5) is 0 Å². The lowest BCUT2D eigenvalue weighted by Crippen LogP contribution is -2.32. The highest BCUT2D eigenvalue weighted by Gasteiger charge is 2.31. The first-order valence-corrected chi connectivity index (χ1v) is 16.1. The maximum absolute atomic E-state index is 13.7. The second-order valence-electron chi connectivity index (χ2n) is 10.3. The van der Waals surface area contributed by atoms with E-state index in [-0.39, 0.29) is 5.91 Å². The third-order valence-electron chi connectivity index (χ3n) is 7.35. The lowest BCUT2D eigenvalue weighted by atomic mass is 10.1. The smallest absolute Gasteiger partial charge is 0.276 e. The molecule has 0 aliphatic carbocycles. The zero-order chi connectivity index (χ0) is 31.3. The quantitative estimate of drug-likeness (QED) is 0.123. The van der Waals surface area contributed by atoms with Gasteiger partial charge in [-0.15, -0.1) is 0 Å². The number of aryl methyl sites for hydroxylation is 1. The van der Waals surface area contributed by atoms with Crippen LogP contribution in [0.2, 0.25) is 0 Å². The number of carbonyl (C=O) groups excluding carboxylic acids is 1. The molecule has 0 unspecified atom stereocenters. The second kappa shape index (κ2) is 13.5. The predicted molar refractivity (Wildman–Crippen MR) is 182 cm³/mol. The molecule has 0 saturated carbocycles. The number of thiocarbonyl (C=S) groups is 1. The lowest BCUT2D eigenvalue weighted by Gasteiger charge is -2.16. The number of pyridine rings is 1. The number of benzene rings is 3. The molecule has 3 heterocycles. The van der Waals surface area contributed by atoms with Crippen molar-refractivity contribution >= 4 is 52.0 Å². The molecular weight excluding hydrogens is 603 g/mol. The summed E-state index contributed by atoms with van der Waals surface area (Å²) in [6, 6.07) is 26.0. The minimum atomic E-state index is -0.175. The molecule has 228 valence electrons. The molecule has 1 N–H and O–H groups in total. The van der Waals surface area contributed by atoms with Crippen LogP contribution in [0.3, 0.4) is 0 Å². The fourth-order valence-corrected chi connectivity index (χ4v) is 6.66. The summed E-state index contributed by atoms with van der Waals surface area (Å²) in [5.74, 6) is 1.23. The number of rotatable bonds is 11. The Morgan fingerprint density at radius 1 is 0.956 bits per heavy atom. The Balaban J connectivity index is 1.31. The summed E-state index contributed by atoms with van der Waals surface area (Å²) in [4.78, 5) is 21.0. The number of amides is 1. The number of para-hydroxylation sites is 2. The fraction of sp³-hybridized carbons (Fsp3) is 0.200. The number of carbonyl (C=O) groups is 1. The van der Waals surface area contributed by atoms with Crippen molar-refractivity contribution in [1.82, 2.24) is 25.0 Å². The first-order valence-electron chi connectivity index (χ1n) is 14.9. The van der Waals surface area contributed by atoms with Gasteiger partial charge in [-0.05, 0) is 87.4 Å². The number of fused-ring (bicyclic) bond motifs is 1. The Labute approximate surface area is 272 Å². The molecule has 1 saturated heterocycles. The van der Waals surface area contributed by atoms with Gasteiger partial charge < -0.3 is 14.8 Å². The summed E-state index contributed by atoms with van der Waals surface area (Å²) in [5, 5.41) is 10.4. The molecule has 2 aromatic heterocycles. The van der Waals surface area contributed by atoms with E-state index >= 15 is 0 Å². The van der Waals surface area contributed by atoms with Crippen LogP contribution in [-0.4, -0.2) is 50.4 Å². The summed E-state index contributed by atoms with van der Waals surface area (Å²) >= 11 is 7.20. The van der Waals surface area contributed by atoms with Gasteiger partial charge in [0.1, 0.15) is 10.7 Å². The fourth-order valence-electron chi connectivity index (χ4n) is 5.20. The van der Waals surface area contributed by atoms with Crippen LogP contribution in [0.5, 0.6) is 11.5 Å². The molecule has 8 nitrogen and oxygen atoms in total. The van der Waals surface area contributed by atoms with Crippen LogP contribution in [0.1, 0.15) is 30.7 Å². The molecule has 0 atom stereocenters. The number of aromatic nitrogens is 3. The second-order valence-corrected chi connectivity index (χ2v) is 11.7. The SMILES string of the molecule is CCOc1ccc(CCN2C(=O)/C(=C\c3c(C)nn(-c4ccccc4)c3Sc3cccc4cccnc34)NC2=S)cc1OCC. The van der Waals surface area contributed by atoms with Gasteiger partial charge >= 0.3 is 0 Å². The maximum atomic E-state index is 13.7. The zero-order valence-corrected chi connectivity index (χ0v) is 27.0. The number of hydrogen-bond donors (Lipinski definition) is 1. The van der Waals surface area contributed by atoms with Gasteiger partial charge in [-0.3, -0.25) is 14.7 Å². The number of nitrogens with one attached hydrogen (secondary N) is 1.